The molecule has 1 aromatic carbocycles. The van der Waals surface area contributed by atoms with Gasteiger partial charge in [-0.05, 0) is 55.9 Å². The van der Waals surface area contributed by atoms with Crippen LogP contribution in [0.2, 0.25) is 5.02 Å². The van der Waals surface area contributed by atoms with E-state index in [-0.39, 0.29) is 6.10 Å². The Morgan fingerprint density at radius 2 is 2.33 bits per heavy atom. The van der Waals surface area contributed by atoms with Gasteiger partial charge in [0.05, 0.1) is 11.1 Å². The van der Waals surface area contributed by atoms with Crippen LogP contribution in [0.5, 0.6) is 5.75 Å². The first-order valence-electron chi connectivity index (χ1n) is 6.43. The molecule has 18 heavy (non-hydrogen) atoms. The fourth-order valence-electron chi connectivity index (χ4n) is 1.97. The van der Waals surface area contributed by atoms with E-state index in [0.29, 0.717) is 5.02 Å². The molecule has 0 amide bonds. The van der Waals surface area contributed by atoms with Crippen LogP contribution in [0.25, 0.3) is 0 Å². The summed E-state index contributed by atoms with van der Waals surface area (Å²) in [5.41, 5.74) is 1.08. The van der Waals surface area contributed by atoms with Crippen molar-refractivity contribution in [3.63, 3.8) is 0 Å². The summed E-state index contributed by atoms with van der Waals surface area (Å²) in [6, 6.07) is 5.92. The third-order valence-electron chi connectivity index (χ3n) is 2.91. The molecule has 1 aliphatic rings. The van der Waals surface area contributed by atoms with Gasteiger partial charge in [-0.2, -0.15) is 11.8 Å². The maximum atomic E-state index is 6.20. The van der Waals surface area contributed by atoms with Crippen molar-refractivity contribution in [3.8, 4) is 5.75 Å². The molecule has 0 aliphatic carbocycles. The Hall–Kier alpha value is -0.540. The SMILES string of the molecule is CC(C)Oc1ccc(NCC2CCSC2)cc1Cl. The molecule has 0 aromatic heterocycles. The van der Waals surface area contributed by atoms with E-state index in [9.17, 15) is 0 Å². The van der Waals surface area contributed by atoms with Crippen molar-refractivity contribution < 1.29 is 4.74 Å². The number of hydrogen-bond acceptors (Lipinski definition) is 3. The highest BCUT2D eigenvalue weighted by Crippen LogP contribution is 2.29. The third-order valence-corrected chi connectivity index (χ3v) is 4.44. The second-order valence-corrected chi connectivity index (χ2v) is 6.48. The highest BCUT2D eigenvalue weighted by atomic mass is 35.5. The van der Waals surface area contributed by atoms with Crippen molar-refractivity contribution in [3.05, 3.63) is 23.2 Å². The van der Waals surface area contributed by atoms with E-state index in [1.54, 1.807) is 0 Å². The van der Waals surface area contributed by atoms with Crippen LogP contribution in [0.4, 0.5) is 5.69 Å². The minimum atomic E-state index is 0.150. The van der Waals surface area contributed by atoms with Crippen LogP contribution in [0.3, 0.4) is 0 Å². The van der Waals surface area contributed by atoms with Gasteiger partial charge < -0.3 is 10.1 Å². The average Bonchev–Trinajstić information content (AvgIpc) is 2.82. The van der Waals surface area contributed by atoms with Crippen molar-refractivity contribution in [2.75, 3.05) is 23.4 Å². The summed E-state index contributed by atoms with van der Waals surface area (Å²) in [6.45, 7) is 5.04. The summed E-state index contributed by atoms with van der Waals surface area (Å²) in [7, 11) is 0. The molecule has 2 nitrogen and oxygen atoms in total. The van der Waals surface area contributed by atoms with E-state index in [0.717, 1.165) is 23.9 Å². The molecule has 0 spiro atoms. The Balaban J connectivity index is 1.91. The molecule has 0 radical (unpaired) electrons. The van der Waals surface area contributed by atoms with E-state index >= 15 is 0 Å². The van der Waals surface area contributed by atoms with Gasteiger partial charge in [-0.1, -0.05) is 11.6 Å². The van der Waals surface area contributed by atoms with E-state index in [4.69, 9.17) is 16.3 Å². The van der Waals surface area contributed by atoms with Crippen LogP contribution < -0.4 is 10.1 Å². The quantitative estimate of drug-likeness (QED) is 0.872. The normalized spacial score (nSPS) is 19.2. The molecular weight excluding hydrogens is 266 g/mol. The zero-order valence-electron chi connectivity index (χ0n) is 10.9. The van der Waals surface area contributed by atoms with Gasteiger partial charge in [0.15, 0.2) is 0 Å². The first-order valence-corrected chi connectivity index (χ1v) is 7.96. The second-order valence-electron chi connectivity index (χ2n) is 4.92. The van der Waals surface area contributed by atoms with Crippen molar-refractivity contribution in [2.45, 2.75) is 26.4 Å². The van der Waals surface area contributed by atoms with Crippen LogP contribution >= 0.6 is 23.4 Å². The van der Waals surface area contributed by atoms with E-state index in [1.807, 2.05) is 43.8 Å². The summed E-state index contributed by atoms with van der Waals surface area (Å²) in [5.74, 6) is 4.12. The summed E-state index contributed by atoms with van der Waals surface area (Å²) >= 11 is 8.24. The zero-order valence-corrected chi connectivity index (χ0v) is 12.5. The number of nitrogens with one attached hydrogen (secondary N) is 1. The minimum absolute atomic E-state index is 0.150. The molecule has 1 fully saturated rings. The molecule has 0 saturated carbocycles. The molecule has 1 aliphatic heterocycles. The van der Waals surface area contributed by atoms with Crippen LogP contribution in [0.1, 0.15) is 20.3 Å². The second kappa shape index (κ2) is 6.58. The van der Waals surface area contributed by atoms with Crippen LogP contribution in [-0.4, -0.2) is 24.2 Å². The van der Waals surface area contributed by atoms with Gasteiger partial charge in [0.25, 0.3) is 0 Å². The van der Waals surface area contributed by atoms with Crippen molar-refractivity contribution >= 4 is 29.1 Å². The van der Waals surface area contributed by atoms with E-state index in [1.165, 1.54) is 17.9 Å². The summed E-state index contributed by atoms with van der Waals surface area (Å²) in [4.78, 5) is 0. The summed E-state index contributed by atoms with van der Waals surface area (Å²) in [5, 5.41) is 4.13. The van der Waals surface area contributed by atoms with Crippen LogP contribution in [0.15, 0.2) is 18.2 Å². The molecule has 1 saturated heterocycles. The number of ether oxygens (including phenoxy) is 1. The van der Waals surface area contributed by atoms with Crippen LogP contribution in [-0.2, 0) is 0 Å². The predicted octanol–water partition coefficient (Wildman–Crippen LogP) is 4.29. The van der Waals surface area contributed by atoms with Crippen LogP contribution in [0, 0.1) is 5.92 Å². The number of anilines is 1. The lowest BCUT2D eigenvalue weighted by Gasteiger charge is -2.14. The Bertz CT molecular complexity index is 391. The van der Waals surface area contributed by atoms with Gasteiger partial charge in [-0.25, -0.2) is 0 Å². The standard InChI is InChI=1S/C14H20ClNOS/c1-10(2)17-14-4-3-12(7-13(14)15)16-8-11-5-6-18-9-11/h3-4,7,10-11,16H,5-6,8-9H2,1-2H3. The monoisotopic (exact) mass is 285 g/mol. The van der Waals surface area contributed by atoms with E-state index in [2.05, 4.69) is 5.32 Å². The lowest BCUT2D eigenvalue weighted by Crippen LogP contribution is -2.13. The molecule has 1 N–H and O–H groups in total. The van der Waals surface area contributed by atoms with Gasteiger partial charge in [0, 0.05) is 12.2 Å². The Kier molecular flexibility index (Phi) is 5.07. The number of rotatable bonds is 5. The largest absolute Gasteiger partial charge is 0.489 e. The lowest BCUT2D eigenvalue weighted by molar-refractivity contribution is 0.242. The Morgan fingerprint density at radius 3 is 2.94 bits per heavy atom. The topological polar surface area (TPSA) is 21.3 Å². The molecule has 1 atom stereocenters. The van der Waals surface area contributed by atoms with Crippen molar-refractivity contribution in [1.29, 1.82) is 0 Å². The molecular formula is C14H20ClNOS. The first-order chi connectivity index (χ1) is 8.65. The predicted molar refractivity (Wildman–Crippen MR) is 81.1 cm³/mol. The molecule has 1 heterocycles. The smallest absolute Gasteiger partial charge is 0.138 e. The maximum Gasteiger partial charge on any atom is 0.138 e. The number of hydrogen-bond donors (Lipinski definition) is 1. The average molecular weight is 286 g/mol. The van der Waals surface area contributed by atoms with Gasteiger partial charge in [-0.15, -0.1) is 0 Å². The Labute approximate surface area is 118 Å². The molecule has 1 unspecified atom stereocenters. The van der Waals surface area contributed by atoms with Gasteiger partial charge in [0.2, 0.25) is 0 Å². The van der Waals surface area contributed by atoms with Gasteiger partial charge in [-0.3, -0.25) is 0 Å². The Morgan fingerprint density at radius 1 is 1.50 bits per heavy atom. The highest BCUT2D eigenvalue weighted by Gasteiger charge is 2.15. The lowest BCUT2D eigenvalue weighted by atomic mass is 10.1. The van der Waals surface area contributed by atoms with Gasteiger partial charge >= 0.3 is 0 Å². The third kappa shape index (κ3) is 3.99. The maximum absolute atomic E-state index is 6.20. The molecule has 100 valence electrons. The number of halogens is 1. The molecule has 1 aromatic rings. The fraction of sp³-hybridized carbons (Fsp3) is 0.571. The minimum Gasteiger partial charge on any atom is -0.489 e. The highest BCUT2D eigenvalue weighted by molar-refractivity contribution is 7.99. The number of thioether (sulfide) groups is 1. The fourth-order valence-corrected chi connectivity index (χ4v) is 3.48. The van der Waals surface area contributed by atoms with Gasteiger partial charge in [0.1, 0.15) is 5.75 Å². The summed E-state index contributed by atoms with van der Waals surface area (Å²) in [6.07, 6.45) is 1.47. The zero-order chi connectivity index (χ0) is 13.0. The summed E-state index contributed by atoms with van der Waals surface area (Å²) < 4.78 is 5.61. The number of benzene rings is 1. The molecule has 4 heteroatoms. The molecule has 0 bridgehead atoms. The molecule has 2 rings (SSSR count). The van der Waals surface area contributed by atoms with Crippen molar-refractivity contribution in [2.24, 2.45) is 5.92 Å². The first kappa shape index (κ1) is 13.9. The van der Waals surface area contributed by atoms with E-state index < -0.39 is 0 Å². The van der Waals surface area contributed by atoms with Crippen molar-refractivity contribution in [1.82, 2.24) is 0 Å².